The molecule has 2 rings (SSSR count). The smallest absolute Gasteiger partial charge is 0.129 e. The number of pyridine rings is 1. The van der Waals surface area contributed by atoms with E-state index in [-0.39, 0.29) is 6.61 Å². The van der Waals surface area contributed by atoms with Crippen LogP contribution in [-0.4, -0.2) is 34.2 Å². The van der Waals surface area contributed by atoms with Gasteiger partial charge in [0, 0.05) is 29.8 Å². The molecule has 0 radical (unpaired) electrons. The Morgan fingerprint density at radius 3 is 3.00 bits per heavy atom. The minimum atomic E-state index is 0.0979. The van der Waals surface area contributed by atoms with Gasteiger partial charge in [-0.05, 0) is 24.1 Å². The maximum absolute atomic E-state index is 9.28. The summed E-state index contributed by atoms with van der Waals surface area (Å²) in [6.07, 6.45) is 0.916. The largest absolute Gasteiger partial charge is 0.392 e. The minimum absolute atomic E-state index is 0.0979. The van der Waals surface area contributed by atoms with Crippen LogP contribution in [0.15, 0.2) is 12.1 Å². The number of hydrogen-bond donors (Lipinski definition) is 1. The molecule has 1 fully saturated rings. The molecule has 0 saturated carbocycles. The van der Waals surface area contributed by atoms with Gasteiger partial charge in [0.25, 0.3) is 0 Å². The molecule has 1 aromatic rings. The zero-order chi connectivity index (χ0) is 12.3. The van der Waals surface area contributed by atoms with E-state index in [1.54, 1.807) is 0 Å². The number of aliphatic hydroxyl groups excluding tert-OH is 1. The standard InChI is InChI=1S/C13H20N2OS/c1-3-12-6-11(9-16)7-13(14-12)15-4-5-17-10(2)8-15/h6-7,10,16H,3-5,8-9H2,1-2H3. The van der Waals surface area contributed by atoms with Gasteiger partial charge in [-0.2, -0.15) is 11.8 Å². The molecule has 1 atom stereocenters. The van der Waals surface area contributed by atoms with Gasteiger partial charge in [0.1, 0.15) is 5.82 Å². The van der Waals surface area contributed by atoms with E-state index in [4.69, 9.17) is 0 Å². The number of nitrogens with zero attached hydrogens (tertiary/aromatic N) is 2. The molecule has 3 nitrogen and oxygen atoms in total. The average molecular weight is 252 g/mol. The normalized spacial score (nSPS) is 20.6. The van der Waals surface area contributed by atoms with E-state index in [0.717, 1.165) is 42.3 Å². The number of thioether (sulfide) groups is 1. The molecule has 0 bridgehead atoms. The van der Waals surface area contributed by atoms with E-state index >= 15 is 0 Å². The number of rotatable bonds is 3. The second kappa shape index (κ2) is 5.74. The van der Waals surface area contributed by atoms with Gasteiger partial charge in [0.15, 0.2) is 0 Å². The fourth-order valence-corrected chi connectivity index (χ4v) is 3.11. The van der Waals surface area contributed by atoms with Crippen LogP contribution in [0, 0.1) is 0 Å². The molecule has 1 saturated heterocycles. The zero-order valence-corrected chi connectivity index (χ0v) is 11.3. The summed E-state index contributed by atoms with van der Waals surface area (Å²) in [6, 6.07) is 4.01. The van der Waals surface area contributed by atoms with Crippen LogP contribution in [0.4, 0.5) is 5.82 Å². The van der Waals surface area contributed by atoms with Gasteiger partial charge >= 0.3 is 0 Å². The summed E-state index contributed by atoms with van der Waals surface area (Å²) in [6.45, 7) is 6.56. The van der Waals surface area contributed by atoms with Crippen LogP contribution in [0.2, 0.25) is 0 Å². The highest BCUT2D eigenvalue weighted by atomic mass is 32.2. The topological polar surface area (TPSA) is 36.4 Å². The molecule has 1 aliphatic rings. The monoisotopic (exact) mass is 252 g/mol. The molecule has 0 amide bonds. The van der Waals surface area contributed by atoms with Crippen LogP contribution in [0.1, 0.15) is 25.1 Å². The highest BCUT2D eigenvalue weighted by Crippen LogP contribution is 2.23. The number of anilines is 1. The minimum Gasteiger partial charge on any atom is -0.392 e. The highest BCUT2D eigenvalue weighted by Gasteiger charge is 2.18. The first kappa shape index (κ1) is 12.7. The lowest BCUT2D eigenvalue weighted by atomic mass is 10.2. The molecule has 1 unspecified atom stereocenters. The average Bonchev–Trinajstić information content (AvgIpc) is 2.38. The number of aliphatic hydroxyl groups is 1. The Kier molecular flexibility index (Phi) is 4.29. The summed E-state index contributed by atoms with van der Waals surface area (Å²) in [4.78, 5) is 7.00. The Balaban J connectivity index is 2.23. The van der Waals surface area contributed by atoms with Crippen molar-refractivity contribution in [1.29, 1.82) is 0 Å². The highest BCUT2D eigenvalue weighted by molar-refractivity contribution is 8.00. The first-order valence-corrected chi connectivity index (χ1v) is 7.25. The van der Waals surface area contributed by atoms with Crippen molar-refractivity contribution in [3.8, 4) is 0 Å². The van der Waals surface area contributed by atoms with Crippen LogP contribution in [-0.2, 0) is 13.0 Å². The molecule has 4 heteroatoms. The van der Waals surface area contributed by atoms with Crippen molar-refractivity contribution in [3.05, 3.63) is 23.4 Å². The summed E-state index contributed by atoms with van der Waals surface area (Å²) < 4.78 is 0. The fraction of sp³-hybridized carbons (Fsp3) is 0.615. The molecule has 1 N–H and O–H groups in total. The van der Waals surface area contributed by atoms with Crippen LogP contribution >= 0.6 is 11.8 Å². The van der Waals surface area contributed by atoms with E-state index in [0.29, 0.717) is 5.25 Å². The maximum Gasteiger partial charge on any atom is 0.129 e. The second-order valence-corrected chi connectivity index (χ2v) is 6.01. The molecule has 17 heavy (non-hydrogen) atoms. The van der Waals surface area contributed by atoms with Crippen molar-refractivity contribution in [3.63, 3.8) is 0 Å². The second-order valence-electron chi connectivity index (χ2n) is 4.46. The molecular formula is C13H20N2OS. The quantitative estimate of drug-likeness (QED) is 0.893. The maximum atomic E-state index is 9.28. The van der Waals surface area contributed by atoms with E-state index in [2.05, 4.69) is 23.7 Å². The predicted octanol–water partition coefficient (Wildman–Crippen LogP) is 2.08. The van der Waals surface area contributed by atoms with Gasteiger partial charge in [-0.3, -0.25) is 0 Å². The number of hydrogen-bond acceptors (Lipinski definition) is 4. The molecule has 1 aromatic heterocycles. The number of aryl methyl sites for hydroxylation is 1. The fourth-order valence-electron chi connectivity index (χ4n) is 2.09. The van der Waals surface area contributed by atoms with E-state index < -0.39 is 0 Å². The lowest BCUT2D eigenvalue weighted by Gasteiger charge is -2.32. The van der Waals surface area contributed by atoms with Crippen molar-refractivity contribution in [2.75, 3.05) is 23.7 Å². The van der Waals surface area contributed by atoms with Crippen molar-refractivity contribution in [1.82, 2.24) is 4.98 Å². The molecular weight excluding hydrogens is 232 g/mol. The molecule has 1 aliphatic heterocycles. The molecule has 94 valence electrons. The van der Waals surface area contributed by atoms with Crippen molar-refractivity contribution in [2.24, 2.45) is 0 Å². The van der Waals surface area contributed by atoms with Gasteiger partial charge in [-0.25, -0.2) is 4.98 Å². The Bertz CT molecular complexity index is 361. The number of aromatic nitrogens is 1. The first-order valence-electron chi connectivity index (χ1n) is 6.20. The van der Waals surface area contributed by atoms with Crippen LogP contribution in [0.25, 0.3) is 0 Å². The van der Waals surface area contributed by atoms with Crippen LogP contribution in [0.5, 0.6) is 0 Å². The molecule has 2 heterocycles. The third kappa shape index (κ3) is 3.13. The lowest BCUT2D eigenvalue weighted by molar-refractivity contribution is 0.281. The predicted molar refractivity (Wildman–Crippen MR) is 73.7 cm³/mol. The Morgan fingerprint density at radius 1 is 1.53 bits per heavy atom. The summed E-state index contributed by atoms with van der Waals surface area (Å²) in [5, 5.41) is 9.94. The van der Waals surface area contributed by atoms with Crippen LogP contribution in [0.3, 0.4) is 0 Å². The summed E-state index contributed by atoms with van der Waals surface area (Å²) in [7, 11) is 0. The van der Waals surface area contributed by atoms with Gasteiger partial charge in [0.05, 0.1) is 6.61 Å². The third-order valence-electron chi connectivity index (χ3n) is 3.03. The summed E-state index contributed by atoms with van der Waals surface area (Å²) in [5.41, 5.74) is 2.04. The molecule has 0 aliphatic carbocycles. The Hall–Kier alpha value is -0.740. The van der Waals surface area contributed by atoms with E-state index in [1.165, 1.54) is 0 Å². The van der Waals surface area contributed by atoms with Crippen molar-refractivity contribution >= 4 is 17.6 Å². The molecule has 0 aromatic carbocycles. The van der Waals surface area contributed by atoms with Gasteiger partial charge in [-0.15, -0.1) is 0 Å². The van der Waals surface area contributed by atoms with Gasteiger partial charge in [-0.1, -0.05) is 13.8 Å². The first-order chi connectivity index (χ1) is 8.22. The van der Waals surface area contributed by atoms with Crippen molar-refractivity contribution in [2.45, 2.75) is 32.1 Å². The lowest BCUT2D eigenvalue weighted by Crippen LogP contribution is -2.37. The molecule has 0 spiro atoms. The van der Waals surface area contributed by atoms with Gasteiger partial charge < -0.3 is 10.0 Å². The summed E-state index contributed by atoms with van der Waals surface area (Å²) in [5.74, 6) is 2.19. The van der Waals surface area contributed by atoms with Crippen LogP contribution < -0.4 is 4.90 Å². The Labute approximate surface area is 107 Å². The summed E-state index contributed by atoms with van der Waals surface area (Å²) >= 11 is 2.02. The third-order valence-corrected chi connectivity index (χ3v) is 4.17. The van der Waals surface area contributed by atoms with Gasteiger partial charge in [0.2, 0.25) is 0 Å². The van der Waals surface area contributed by atoms with E-state index in [1.807, 2.05) is 23.9 Å². The van der Waals surface area contributed by atoms with E-state index in [9.17, 15) is 5.11 Å². The van der Waals surface area contributed by atoms with Crippen molar-refractivity contribution < 1.29 is 5.11 Å². The SMILES string of the molecule is CCc1cc(CO)cc(N2CCSC(C)C2)n1. The Morgan fingerprint density at radius 2 is 2.35 bits per heavy atom. The zero-order valence-electron chi connectivity index (χ0n) is 10.5.